The molecule has 0 amide bonds. The molecular formula is C16H29N5. The number of hydrogen-bond acceptors (Lipinski definition) is 5. The minimum atomic E-state index is 0.304. The summed E-state index contributed by atoms with van der Waals surface area (Å²) in [6, 6.07) is 0.304. The smallest absolute Gasteiger partial charge is 0.147 e. The number of nitrogens with zero attached hydrogens (tertiary/aromatic N) is 4. The maximum atomic E-state index is 4.80. The molecule has 0 spiro atoms. The zero-order chi connectivity index (χ0) is 15.4. The largest absolute Gasteiger partial charge is 0.313 e. The van der Waals surface area contributed by atoms with Crippen LogP contribution in [0.2, 0.25) is 0 Å². The van der Waals surface area contributed by atoms with Crippen LogP contribution in [0.5, 0.6) is 0 Å². The second kappa shape index (κ2) is 7.29. The van der Waals surface area contributed by atoms with E-state index < -0.39 is 0 Å². The predicted octanol–water partition coefficient (Wildman–Crippen LogP) is 1.51. The second-order valence-corrected chi connectivity index (χ2v) is 6.17. The third-order valence-electron chi connectivity index (χ3n) is 4.32. The summed E-state index contributed by atoms with van der Waals surface area (Å²) in [6.07, 6.45) is 1.15. The van der Waals surface area contributed by atoms with Gasteiger partial charge in [0.05, 0.1) is 6.04 Å². The van der Waals surface area contributed by atoms with E-state index in [-0.39, 0.29) is 0 Å². The zero-order valence-corrected chi connectivity index (χ0v) is 14.1. The Kier molecular flexibility index (Phi) is 5.67. The monoisotopic (exact) mass is 291 g/mol. The Morgan fingerprint density at radius 1 is 1.14 bits per heavy atom. The average molecular weight is 291 g/mol. The van der Waals surface area contributed by atoms with Crippen molar-refractivity contribution in [3.63, 3.8) is 0 Å². The molecule has 1 aliphatic rings. The van der Waals surface area contributed by atoms with E-state index in [1.54, 1.807) is 0 Å². The summed E-state index contributed by atoms with van der Waals surface area (Å²) in [4.78, 5) is 14.3. The molecule has 1 aromatic rings. The molecule has 1 fully saturated rings. The highest BCUT2D eigenvalue weighted by atomic mass is 15.3. The van der Waals surface area contributed by atoms with Gasteiger partial charge >= 0.3 is 0 Å². The summed E-state index contributed by atoms with van der Waals surface area (Å²) in [7, 11) is 4.34. The van der Waals surface area contributed by atoms with E-state index in [9.17, 15) is 0 Å². The fraction of sp³-hybridized carbons (Fsp3) is 0.750. The second-order valence-electron chi connectivity index (χ2n) is 6.17. The number of hydrogen-bond donors (Lipinski definition) is 1. The molecular weight excluding hydrogens is 262 g/mol. The first-order valence-electron chi connectivity index (χ1n) is 7.96. The van der Waals surface area contributed by atoms with Gasteiger partial charge in [0, 0.05) is 43.1 Å². The van der Waals surface area contributed by atoms with Crippen LogP contribution in [-0.4, -0.2) is 60.0 Å². The summed E-state index contributed by atoms with van der Waals surface area (Å²) in [5, 5.41) is 3.45. The number of likely N-dealkylation sites (N-methyl/N-ethyl adjacent to an activating group) is 2. The molecule has 5 nitrogen and oxygen atoms in total. The Hall–Kier alpha value is -1.04. The standard InChI is InChI=1S/C16H29N5/c1-6-7-17-10-14-12(2)18-16(19-13(14)3)15-11-20(4)8-9-21(15)5/h15,17H,6-11H2,1-5H3. The minimum absolute atomic E-state index is 0.304. The number of rotatable bonds is 5. The van der Waals surface area contributed by atoms with Crippen molar-refractivity contribution in [3.05, 3.63) is 22.8 Å². The molecule has 0 bridgehead atoms. The van der Waals surface area contributed by atoms with E-state index in [2.05, 4.69) is 50.0 Å². The lowest BCUT2D eigenvalue weighted by Gasteiger charge is -2.37. The maximum Gasteiger partial charge on any atom is 0.147 e. The Morgan fingerprint density at radius 3 is 2.43 bits per heavy atom. The third-order valence-corrected chi connectivity index (χ3v) is 4.32. The van der Waals surface area contributed by atoms with Crippen molar-refractivity contribution >= 4 is 0 Å². The number of nitrogens with one attached hydrogen (secondary N) is 1. The third kappa shape index (κ3) is 3.99. The van der Waals surface area contributed by atoms with Crippen molar-refractivity contribution in [2.75, 3.05) is 40.3 Å². The van der Waals surface area contributed by atoms with Gasteiger partial charge in [-0.2, -0.15) is 0 Å². The van der Waals surface area contributed by atoms with E-state index in [4.69, 9.17) is 9.97 Å². The van der Waals surface area contributed by atoms with E-state index in [0.29, 0.717) is 6.04 Å². The highest BCUT2D eigenvalue weighted by Gasteiger charge is 2.26. The van der Waals surface area contributed by atoms with Crippen molar-refractivity contribution in [3.8, 4) is 0 Å². The molecule has 2 rings (SSSR count). The fourth-order valence-corrected chi connectivity index (χ4v) is 2.85. The van der Waals surface area contributed by atoms with Gasteiger partial charge in [0.1, 0.15) is 5.82 Å². The summed E-state index contributed by atoms with van der Waals surface area (Å²) in [5.74, 6) is 0.971. The molecule has 1 aliphatic heterocycles. The fourth-order valence-electron chi connectivity index (χ4n) is 2.85. The van der Waals surface area contributed by atoms with E-state index in [0.717, 1.165) is 56.4 Å². The van der Waals surface area contributed by atoms with Crippen LogP contribution in [0.15, 0.2) is 0 Å². The molecule has 0 radical (unpaired) electrons. The van der Waals surface area contributed by atoms with Crippen LogP contribution in [0.4, 0.5) is 0 Å². The van der Waals surface area contributed by atoms with Crippen LogP contribution in [0.3, 0.4) is 0 Å². The van der Waals surface area contributed by atoms with Crippen LogP contribution in [0.25, 0.3) is 0 Å². The Labute approximate surface area is 128 Å². The highest BCUT2D eigenvalue weighted by Crippen LogP contribution is 2.22. The molecule has 0 saturated carbocycles. The molecule has 0 aromatic carbocycles. The molecule has 0 aliphatic carbocycles. The quantitative estimate of drug-likeness (QED) is 0.833. The van der Waals surface area contributed by atoms with Crippen molar-refractivity contribution < 1.29 is 0 Å². The van der Waals surface area contributed by atoms with Crippen LogP contribution in [-0.2, 0) is 6.54 Å². The molecule has 118 valence electrons. The van der Waals surface area contributed by atoms with Crippen LogP contribution < -0.4 is 5.32 Å². The minimum Gasteiger partial charge on any atom is -0.313 e. The topological polar surface area (TPSA) is 44.3 Å². The van der Waals surface area contributed by atoms with Crippen molar-refractivity contribution in [1.82, 2.24) is 25.1 Å². The van der Waals surface area contributed by atoms with Crippen molar-refractivity contribution in [2.24, 2.45) is 0 Å². The van der Waals surface area contributed by atoms with Gasteiger partial charge < -0.3 is 10.2 Å². The number of piperazine rings is 1. The summed E-state index contributed by atoms with van der Waals surface area (Å²) in [5.41, 5.74) is 3.48. The molecule has 1 unspecified atom stereocenters. The van der Waals surface area contributed by atoms with E-state index in [1.165, 1.54) is 5.56 Å². The normalized spacial score (nSPS) is 20.9. The van der Waals surface area contributed by atoms with E-state index in [1.807, 2.05) is 0 Å². The maximum absolute atomic E-state index is 4.80. The summed E-state index contributed by atoms with van der Waals surface area (Å²) >= 11 is 0. The molecule has 1 N–H and O–H groups in total. The molecule has 1 atom stereocenters. The van der Waals surface area contributed by atoms with Gasteiger partial charge in [0.25, 0.3) is 0 Å². The van der Waals surface area contributed by atoms with Gasteiger partial charge in [0.15, 0.2) is 0 Å². The van der Waals surface area contributed by atoms with Gasteiger partial charge in [-0.05, 0) is 40.9 Å². The number of aryl methyl sites for hydroxylation is 2. The Bertz CT molecular complexity index is 451. The SMILES string of the molecule is CCCNCc1c(C)nc(C2CN(C)CCN2C)nc1C. The lowest BCUT2D eigenvalue weighted by Crippen LogP contribution is -2.45. The molecule has 21 heavy (non-hydrogen) atoms. The first-order valence-corrected chi connectivity index (χ1v) is 7.96. The zero-order valence-electron chi connectivity index (χ0n) is 14.1. The Balaban J connectivity index is 2.18. The average Bonchev–Trinajstić information content (AvgIpc) is 2.44. The Morgan fingerprint density at radius 2 is 1.81 bits per heavy atom. The van der Waals surface area contributed by atoms with E-state index >= 15 is 0 Å². The van der Waals surface area contributed by atoms with Gasteiger partial charge in [-0.1, -0.05) is 6.92 Å². The van der Waals surface area contributed by atoms with Gasteiger partial charge in [-0.15, -0.1) is 0 Å². The summed E-state index contributed by atoms with van der Waals surface area (Å²) < 4.78 is 0. The first kappa shape index (κ1) is 16.3. The van der Waals surface area contributed by atoms with Gasteiger partial charge in [-0.25, -0.2) is 9.97 Å². The lowest BCUT2D eigenvalue weighted by molar-refractivity contribution is 0.109. The number of aromatic nitrogens is 2. The van der Waals surface area contributed by atoms with Crippen LogP contribution >= 0.6 is 0 Å². The van der Waals surface area contributed by atoms with Crippen LogP contribution in [0, 0.1) is 13.8 Å². The molecule has 1 aromatic heterocycles. The molecule has 5 heteroatoms. The van der Waals surface area contributed by atoms with Gasteiger partial charge in [0.2, 0.25) is 0 Å². The predicted molar refractivity (Wildman–Crippen MR) is 86.4 cm³/mol. The van der Waals surface area contributed by atoms with Gasteiger partial charge in [-0.3, -0.25) is 4.90 Å². The first-order chi connectivity index (χ1) is 10.0. The molecule has 1 saturated heterocycles. The summed E-state index contributed by atoms with van der Waals surface area (Å²) in [6.45, 7) is 11.5. The van der Waals surface area contributed by atoms with Crippen LogP contribution in [0.1, 0.15) is 42.2 Å². The van der Waals surface area contributed by atoms with Crippen molar-refractivity contribution in [2.45, 2.75) is 39.8 Å². The molecule has 2 heterocycles. The van der Waals surface area contributed by atoms with Crippen molar-refractivity contribution in [1.29, 1.82) is 0 Å². The lowest BCUT2D eigenvalue weighted by atomic mass is 10.1. The highest BCUT2D eigenvalue weighted by molar-refractivity contribution is 5.25.